The zero-order chi connectivity index (χ0) is 18.1. The van der Waals surface area contributed by atoms with Gasteiger partial charge in [0.15, 0.2) is 5.16 Å². The maximum absolute atomic E-state index is 10.9. The molecule has 0 aliphatic heterocycles. The van der Waals surface area contributed by atoms with Crippen LogP contribution in [0.5, 0.6) is 0 Å². The van der Waals surface area contributed by atoms with Crippen LogP contribution in [0.3, 0.4) is 0 Å². The maximum atomic E-state index is 10.9. The number of non-ortho nitro benzene ring substituents is 1. The van der Waals surface area contributed by atoms with Gasteiger partial charge in [0.25, 0.3) is 5.69 Å². The lowest BCUT2D eigenvalue weighted by Gasteiger charge is -2.11. The molecule has 1 aliphatic carbocycles. The maximum Gasteiger partial charge on any atom is 0.270 e. The summed E-state index contributed by atoms with van der Waals surface area (Å²) in [5.74, 6) is 0. The Labute approximate surface area is 154 Å². The summed E-state index contributed by atoms with van der Waals surface area (Å²) in [6.45, 7) is 0. The first kappa shape index (κ1) is 16.4. The number of benzene rings is 2. The summed E-state index contributed by atoms with van der Waals surface area (Å²) in [6, 6.07) is 16.9. The molecule has 0 radical (unpaired) electrons. The summed E-state index contributed by atoms with van der Waals surface area (Å²) < 4.78 is 2.21. The first-order valence-corrected chi connectivity index (χ1v) is 8.98. The molecule has 1 aromatic heterocycles. The quantitative estimate of drug-likeness (QED) is 0.480. The Hall–Kier alpha value is -3.11. The van der Waals surface area contributed by atoms with Crippen molar-refractivity contribution in [3.8, 4) is 17.3 Å². The Kier molecular flexibility index (Phi) is 4.19. The second-order valence-corrected chi connectivity index (χ2v) is 7.05. The zero-order valence-corrected chi connectivity index (χ0v) is 14.5. The Bertz CT molecular complexity index is 1020. The van der Waals surface area contributed by atoms with Gasteiger partial charge in [0.2, 0.25) is 0 Å². The van der Waals surface area contributed by atoms with E-state index in [2.05, 4.69) is 27.8 Å². The van der Waals surface area contributed by atoms with Crippen molar-refractivity contribution in [1.29, 1.82) is 5.26 Å². The fourth-order valence-electron chi connectivity index (χ4n) is 2.83. The third kappa shape index (κ3) is 3.07. The highest BCUT2D eigenvalue weighted by Gasteiger charge is 2.29. The van der Waals surface area contributed by atoms with Crippen molar-refractivity contribution in [3.05, 3.63) is 70.4 Å². The summed E-state index contributed by atoms with van der Waals surface area (Å²) in [5.41, 5.74) is 2.36. The number of nitro groups is 1. The third-order valence-electron chi connectivity index (χ3n) is 4.24. The van der Waals surface area contributed by atoms with Crippen molar-refractivity contribution in [2.75, 3.05) is 0 Å². The third-order valence-corrected chi connectivity index (χ3v) is 5.30. The van der Waals surface area contributed by atoms with Crippen LogP contribution in [-0.4, -0.2) is 14.5 Å². The average molecular weight is 362 g/mol. The topological polar surface area (TPSA) is 84.8 Å². The number of hydrogen-bond donors (Lipinski definition) is 0. The molecule has 1 fully saturated rings. The van der Waals surface area contributed by atoms with E-state index in [-0.39, 0.29) is 11.3 Å². The van der Waals surface area contributed by atoms with Crippen molar-refractivity contribution in [1.82, 2.24) is 9.55 Å². The second kappa shape index (κ2) is 6.65. The summed E-state index contributed by atoms with van der Waals surface area (Å²) in [7, 11) is 0. The molecule has 2 aromatic carbocycles. The smallest absolute Gasteiger partial charge is 0.270 e. The van der Waals surface area contributed by atoms with Gasteiger partial charge in [-0.05, 0) is 24.5 Å². The first-order chi connectivity index (χ1) is 12.7. The van der Waals surface area contributed by atoms with E-state index in [0.29, 0.717) is 10.9 Å². The Morgan fingerprint density at radius 3 is 2.65 bits per heavy atom. The van der Waals surface area contributed by atoms with Gasteiger partial charge in [0.1, 0.15) is 6.07 Å². The van der Waals surface area contributed by atoms with Gasteiger partial charge in [0, 0.05) is 23.1 Å². The molecule has 6 nitrogen and oxygen atoms in total. The molecule has 0 N–H and O–H groups in total. The molecule has 3 aromatic rings. The Morgan fingerprint density at radius 2 is 2.00 bits per heavy atom. The van der Waals surface area contributed by atoms with Gasteiger partial charge >= 0.3 is 0 Å². The van der Waals surface area contributed by atoms with E-state index in [1.807, 2.05) is 24.4 Å². The van der Waals surface area contributed by atoms with Crippen LogP contribution < -0.4 is 0 Å². The van der Waals surface area contributed by atoms with Crippen LogP contribution in [-0.2, 0) is 0 Å². The Morgan fingerprint density at radius 1 is 1.23 bits per heavy atom. The highest BCUT2D eigenvalue weighted by molar-refractivity contribution is 7.99. The molecule has 0 spiro atoms. The number of hydrogen-bond acceptors (Lipinski definition) is 5. The number of aromatic nitrogens is 2. The summed E-state index contributed by atoms with van der Waals surface area (Å²) in [5, 5.41) is 21.1. The van der Waals surface area contributed by atoms with Crippen LogP contribution in [0.25, 0.3) is 11.3 Å². The van der Waals surface area contributed by atoms with Crippen LogP contribution in [0.4, 0.5) is 5.69 Å². The number of nitrogens with zero attached hydrogens (tertiary/aromatic N) is 4. The van der Waals surface area contributed by atoms with Gasteiger partial charge in [-0.1, -0.05) is 42.1 Å². The molecular weight excluding hydrogens is 348 g/mol. The van der Waals surface area contributed by atoms with Gasteiger partial charge < -0.3 is 4.57 Å². The molecule has 0 atom stereocenters. The summed E-state index contributed by atoms with van der Waals surface area (Å²) >= 11 is 1.38. The van der Waals surface area contributed by atoms with Gasteiger partial charge in [0.05, 0.1) is 22.4 Å². The van der Waals surface area contributed by atoms with Gasteiger partial charge in [-0.2, -0.15) is 5.26 Å². The first-order valence-electron chi connectivity index (χ1n) is 8.16. The van der Waals surface area contributed by atoms with Crippen LogP contribution >= 0.6 is 11.8 Å². The van der Waals surface area contributed by atoms with Gasteiger partial charge in [-0.3, -0.25) is 10.1 Å². The predicted octanol–water partition coefficient (Wildman–Crippen LogP) is 4.82. The molecule has 26 heavy (non-hydrogen) atoms. The lowest BCUT2D eigenvalue weighted by Crippen LogP contribution is -1.99. The van der Waals surface area contributed by atoms with Crippen molar-refractivity contribution in [2.24, 2.45) is 0 Å². The van der Waals surface area contributed by atoms with Crippen LogP contribution in [0.1, 0.15) is 24.4 Å². The molecule has 4 rings (SSSR count). The number of imidazole rings is 1. The molecule has 0 amide bonds. The second-order valence-electron chi connectivity index (χ2n) is 6.04. The molecule has 1 saturated carbocycles. The summed E-state index contributed by atoms with van der Waals surface area (Å²) in [4.78, 5) is 15.7. The van der Waals surface area contributed by atoms with Gasteiger partial charge in [-0.15, -0.1) is 0 Å². The predicted molar refractivity (Wildman–Crippen MR) is 97.9 cm³/mol. The monoisotopic (exact) mass is 362 g/mol. The van der Waals surface area contributed by atoms with Crippen molar-refractivity contribution >= 4 is 17.4 Å². The van der Waals surface area contributed by atoms with E-state index in [9.17, 15) is 15.4 Å². The SMILES string of the molecule is N#Cc1cc([N+](=O)[O-])ccc1Sc1ncc(-c2ccccc2)n1C1CC1. The molecule has 1 aliphatic rings. The molecule has 0 bridgehead atoms. The lowest BCUT2D eigenvalue weighted by atomic mass is 10.2. The van der Waals surface area contributed by atoms with Crippen LogP contribution in [0.2, 0.25) is 0 Å². The van der Waals surface area contributed by atoms with E-state index in [1.54, 1.807) is 6.07 Å². The lowest BCUT2D eigenvalue weighted by molar-refractivity contribution is -0.384. The van der Waals surface area contributed by atoms with Crippen molar-refractivity contribution in [2.45, 2.75) is 28.9 Å². The minimum absolute atomic E-state index is 0.0820. The van der Waals surface area contributed by atoms with E-state index < -0.39 is 4.92 Å². The molecule has 7 heteroatoms. The van der Waals surface area contributed by atoms with E-state index in [0.717, 1.165) is 29.3 Å². The average Bonchev–Trinajstić information content (AvgIpc) is 3.42. The number of nitro benzene ring substituents is 1. The molecule has 0 saturated heterocycles. The van der Waals surface area contributed by atoms with E-state index >= 15 is 0 Å². The normalized spacial score (nSPS) is 13.3. The van der Waals surface area contributed by atoms with E-state index in [1.165, 1.54) is 23.9 Å². The largest absolute Gasteiger partial charge is 0.316 e. The molecule has 0 unspecified atom stereocenters. The number of rotatable bonds is 5. The van der Waals surface area contributed by atoms with Crippen LogP contribution in [0.15, 0.2) is 64.8 Å². The summed E-state index contributed by atoms with van der Waals surface area (Å²) in [6.07, 6.45) is 4.07. The Balaban J connectivity index is 1.73. The minimum atomic E-state index is -0.492. The van der Waals surface area contributed by atoms with E-state index in [4.69, 9.17) is 0 Å². The van der Waals surface area contributed by atoms with Crippen LogP contribution in [0, 0.1) is 21.4 Å². The van der Waals surface area contributed by atoms with Crippen molar-refractivity contribution in [3.63, 3.8) is 0 Å². The van der Waals surface area contributed by atoms with Gasteiger partial charge in [-0.25, -0.2) is 4.98 Å². The fraction of sp³-hybridized carbons (Fsp3) is 0.158. The molecule has 1 heterocycles. The highest BCUT2D eigenvalue weighted by Crippen LogP contribution is 2.43. The van der Waals surface area contributed by atoms with Crippen molar-refractivity contribution < 1.29 is 4.92 Å². The number of nitriles is 1. The molecular formula is C19H14N4O2S. The highest BCUT2D eigenvalue weighted by atomic mass is 32.2. The molecule has 128 valence electrons. The standard InChI is InChI=1S/C19H14N4O2S/c20-11-14-10-16(23(24)25)8-9-18(14)26-19-21-12-17(22(19)15-6-7-15)13-4-2-1-3-5-13/h1-5,8-10,12,15H,6-7H2. The minimum Gasteiger partial charge on any atom is -0.316 e. The fourth-order valence-corrected chi connectivity index (χ4v) is 3.83. The zero-order valence-electron chi connectivity index (χ0n) is 13.7.